The van der Waals surface area contributed by atoms with Gasteiger partial charge in [-0.2, -0.15) is 5.06 Å². The minimum atomic E-state index is -0.843. The summed E-state index contributed by atoms with van der Waals surface area (Å²) in [4.78, 5) is 11.8. The van der Waals surface area contributed by atoms with Crippen molar-refractivity contribution in [2.45, 2.75) is 13.0 Å². The van der Waals surface area contributed by atoms with Crippen LogP contribution in [0.1, 0.15) is 17.8 Å². The molecule has 0 bridgehead atoms. The molecule has 0 spiro atoms. The second kappa shape index (κ2) is 4.11. The van der Waals surface area contributed by atoms with E-state index in [1.807, 2.05) is 29.6 Å². The average molecular weight is 236 g/mol. The summed E-state index contributed by atoms with van der Waals surface area (Å²) >= 11 is 1.51. The van der Waals surface area contributed by atoms with Gasteiger partial charge in [-0.1, -0.05) is 24.3 Å². The Kier molecular flexibility index (Phi) is 2.80. The van der Waals surface area contributed by atoms with Gasteiger partial charge in [0.2, 0.25) is 0 Å². The van der Waals surface area contributed by atoms with Crippen molar-refractivity contribution in [2.24, 2.45) is 5.73 Å². The maximum atomic E-state index is 10.9. The summed E-state index contributed by atoms with van der Waals surface area (Å²) in [5.41, 5.74) is 5.03. The van der Waals surface area contributed by atoms with Crippen molar-refractivity contribution in [3.05, 3.63) is 34.5 Å². The molecule has 1 atom stereocenters. The summed E-state index contributed by atoms with van der Waals surface area (Å²) in [6.07, 6.45) is 0. The number of thiophene rings is 1. The molecule has 2 aromatic rings. The first-order valence-corrected chi connectivity index (χ1v) is 5.73. The van der Waals surface area contributed by atoms with Crippen molar-refractivity contribution >= 4 is 28.1 Å². The number of hydrogen-bond donors (Lipinski definition) is 2. The zero-order chi connectivity index (χ0) is 11.7. The zero-order valence-corrected chi connectivity index (χ0v) is 9.57. The number of nitrogens with zero attached hydrogens (tertiary/aromatic N) is 1. The van der Waals surface area contributed by atoms with E-state index < -0.39 is 12.1 Å². The van der Waals surface area contributed by atoms with E-state index in [2.05, 4.69) is 0 Å². The highest BCUT2D eigenvalue weighted by Gasteiger charge is 2.20. The Morgan fingerprint density at radius 3 is 2.88 bits per heavy atom. The fourth-order valence-corrected chi connectivity index (χ4v) is 2.71. The lowest BCUT2D eigenvalue weighted by Crippen LogP contribution is -2.34. The van der Waals surface area contributed by atoms with Crippen molar-refractivity contribution < 1.29 is 10.0 Å². The number of rotatable bonds is 2. The molecule has 1 unspecified atom stereocenters. The standard InChI is InChI=1S/C11H12N2O2S/c1-7(13(15)11(12)14)10-9-5-3-2-4-8(9)6-16-10/h2-7,15H,1H3,(H2,12,14). The van der Waals surface area contributed by atoms with Gasteiger partial charge < -0.3 is 5.73 Å². The highest BCUT2D eigenvalue weighted by Crippen LogP contribution is 2.32. The summed E-state index contributed by atoms with van der Waals surface area (Å²) in [6, 6.07) is 6.57. The molecule has 0 aliphatic heterocycles. The van der Waals surface area contributed by atoms with Crippen LogP contribution >= 0.6 is 11.3 Å². The van der Waals surface area contributed by atoms with Gasteiger partial charge in [-0.15, -0.1) is 11.3 Å². The first kappa shape index (κ1) is 10.9. The van der Waals surface area contributed by atoms with Gasteiger partial charge in [-0.25, -0.2) is 4.79 Å². The first-order chi connectivity index (χ1) is 7.61. The van der Waals surface area contributed by atoms with Gasteiger partial charge in [0, 0.05) is 4.88 Å². The minimum absolute atomic E-state index is 0.428. The number of urea groups is 1. The van der Waals surface area contributed by atoms with Gasteiger partial charge in [0.05, 0.1) is 6.04 Å². The largest absolute Gasteiger partial charge is 0.350 e. The highest BCUT2D eigenvalue weighted by atomic mass is 32.1. The molecule has 16 heavy (non-hydrogen) atoms. The molecule has 1 heterocycles. The smallest absolute Gasteiger partial charge is 0.339 e. The second-order valence-corrected chi connectivity index (χ2v) is 4.46. The van der Waals surface area contributed by atoms with Gasteiger partial charge in [0.15, 0.2) is 0 Å². The lowest BCUT2D eigenvalue weighted by atomic mass is 10.1. The summed E-state index contributed by atoms with van der Waals surface area (Å²) in [5.74, 6) is 0. The molecule has 0 radical (unpaired) electrons. The lowest BCUT2D eigenvalue weighted by Gasteiger charge is -2.19. The minimum Gasteiger partial charge on any atom is -0.350 e. The average Bonchev–Trinajstić information content (AvgIpc) is 2.70. The summed E-state index contributed by atoms with van der Waals surface area (Å²) in [6.45, 7) is 1.74. The van der Waals surface area contributed by atoms with Gasteiger partial charge in [0.1, 0.15) is 0 Å². The van der Waals surface area contributed by atoms with Crippen molar-refractivity contribution in [3.63, 3.8) is 0 Å². The molecule has 0 saturated heterocycles. The van der Waals surface area contributed by atoms with Crippen LogP contribution in [0.2, 0.25) is 0 Å². The van der Waals surface area contributed by atoms with Gasteiger partial charge in [0.25, 0.3) is 0 Å². The summed E-state index contributed by atoms with van der Waals surface area (Å²) in [7, 11) is 0. The Morgan fingerprint density at radius 2 is 2.19 bits per heavy atom. The van der Waals surface area contributed by atoms with Crippen LogP contribution in [0.5, 0.6) is 0 Å². The van der Waals surface area contributed by atoms with Crippen LogP contribution in [0.25, 0.3) is 10.8 Å². The molecule has 2 amide bonds. The first-order valence-electron chi connectivity index (χ1n) is 4.85. The predicted molar refractivity (Wildman–Crippen MR) is 63.4 cm³/mol. The number of benzene rings is 1. The molecule has 5 heteroatoms. The monoisotopic (exact) mass is 236 g/mol. The maximum Gasteiger partial charge on any atom is 0.339 e. The number of amides is 2. The number of hydrogen-bond acceptors (Lipinski definition) is 3. The fraction of sp³-hybridized carbons (Fsp3) is 0.182. The Morgan fingerprint density at radius 1 is 1.50 bits per heavy atom. The number of primary amides is 1. The van der Waals surface area contributed by atoms with Crippen molar-refractivity contribution in [1.82, 2.24) is 5.06 Å². The molecule has 1 aromatic carbocycles. The van der Waals surface area contributed by atoms with Crippen molar-refractivity contribution in [2.75, 3.05) is 0 Å². The maximum absolute atomic E-state index is 10.9. The lowest BCUT2D eigenvalue weighted by molar-refractivity contribution is -0.0696. The SMILES string of the molecule is CC(c1scc2ccccc12)N(O)C(N)=O. The van der Waals surface area contributed by atoms with Crippen LogP contribution in [0.15, 0.2) is 29.6 Å². The summed E-state index contributed by atoms with van der Waals surface area (Å²) < 4.78 is 0. The molecule has 4 nitrogen and oxygen atoms in total. The van der Waals surface area contributed by atoms with E-state index in [1.165, 1.54) is 11.3 Å². The molecule has 0 saturated carbocycles. The van der Waals surface area contributed by atoms with Crippen LogP contribution in [-0.2, 0) is 0 Å². The molecule has 2 rings (SSSR count). The van der Waals surface area contributed by atoms with Crippen LogP contribution < -0.4 is 5.73 Å². The summed E-state index contributed by atoms with van der Waals surface area (Å²) in [5, 5.41) is 14.2. The van der Waals surface area contributed by atoms with E-state index in [1.54, 1.807) is 6.92 Å². The number of carbonyl (C=O) groups is 1. The van der Waals surface area contributed by atoms with Crippen molar-refractivity contribution in [1.29, 1.82) is 0 Å². The Balaban J connectivity index is 2.44. The molecular weight excluding hydrogens is 224 g/mol. The van der Waals surface area contributed by atoms with Crippen LogP contribution in [-0.4, -0.2) is 16.3 Å². The molecule has 84 valence electrons. The zero-order valence-electron chi connectivity index (χ0n) is 8.75. The number of hydroxylamine groups is 2. The van der Waals surface area contributed by atoms with Gasteiger partial charge in [-0.05, 0) is 23.1 Å². The van der Waals surface area contributed by atoms with Crippen LogP contribution in [0.4, 0.5) is 4.79 Å². The van der Waals surface area contributed by atoms with E-state index >= 15 is 0 Å². The van der Waals surface area contributed by atoms with E-state index in [-0.39, 0.29) is 0 Å². The normalized spacial score (nSPS) is 12.6. The van der Waals surface area contributed by atoms with E-state index in [0.717, 1.165) is 15.6 Å². The highest BCUT2D eigenvalue weighted by molar-refractivity contribution is 7.11. The Labute approximate surface area is 96.9 Å². The topological polar surface area (TPSA) is 66.6 Å². The van der Waals surface area contributed by atoms with E-state index in [0.29, 0.717) is 5.06 Å². The van der Waals surface area contributed by atoms with Crippen molar-refractivity contribution in [3.8, 4) is 0 Å². The molecule has 1 aromatic heterocycles. The van der Waals surface area contributed by atoms with E-state index in [9.17, 15) is 10.0 Å². The molecule has 0 aliphatic carbocycles. The quantitative estimate of drug-likeness (QED) is 0.622. The third-order valence-electron chi connectivity index (χ3n) is 2.51. The molecular formula is C11H12N2O2S. The Bertz CT molecular complexity index is 523. The second-order valence-electron chi connectivity index (χ2n) is 3.55. The predicted octanol–water partition coefficient (Wildman–Crippen LogP) is 2.73. The van der Waals surface area contributed by atoms with Crippen LogP contribution in [0.3, 0.4) is 0 Å². The van der Waals surface area contributed by atoms with Gasteiger partial charge in [-0.3, -0.25) is 5.21 Å². The number of carbonyl (C=O) groups excluding carboxylic acids is 1. The molecule has 0 fully saturated rings. The number of nitrogens with two attached hydrogens (primary N) is 1. The van der Waals surface area contributed by atoms with E-state index in [4.69, 9.17) is 5.73 Å². The van der Waals surface area contributed by atoms with Crippen LogP contribution in [0, 0.1) is 0 Å². The van der Waals surface area contributed by atoms with Gasteiger partial charge >= 0.3 is 6.03 Å². The third-order valence-corrected chi connectivity index (χ3v) is 3.70. The Hall–Kier alpha value is -1.59. The molecule has 0 aliphatic rings. The fourth-order valence-electron chi connectivity index (χ4n) is 1.64. The number of fused-ring (bicyclic) bond motifs is 1. The third kappa shape index (κ3) is 1.75. The molecule has 3 N–H and O–H groups in total.